The van der Waals surface area contributed by atoms with E-state index in [4.69, 9.17) is 27.8 Å². The Morgan fingerprint density at radius 2 is 1.24 bits per heavy atom. The van der Waals surface area contributed by atoms with Crippen molar-refractivity contribution in [1.82, 2.24) is 0 Å². The van der Waals surface area contributed by atoms with E-state index in [1.165, 1.54) is 44.9 Å². The molecule has 1 aliphatic heterocycles. The van der Waals surface area contributed by atoms with Gasteiger partial charge in [0.05, 0.1) is 46.2 Å². The molecule has 0 amide bonds. The molecule has 0 aromatic heterocycles. The topological polar surface area (TPSA) is 139 Å². The van der Waals surface area contributed by atoms with E-state index in [9.17, 15) is 18.9 Å². The normalized spacial score (nSPS) is 19.8. The highest BCUT2D eigenvalue weighted by molar-refractivity contribution is 7.48. The Kier molecular flexibility index (Phi) is 20.1. The summed E-state index contributed by atoms with van der Waals surface area (Å²) >= 11 is 0. The summed E-state index contributed by atoms with van der Waals surface area (Å²) in [5.41, 5.74) is 3.24. The molecule has 1 aromatic carbocycles. The van der Waals surface area contributed by atoms with Gasteiger partial charge in [-0.1, -0.05) is 72.6 Å². The van der Waals surface area contributed by atoms with Gasteiger partial charge >= 0.3 is 15.6 Å². The molecule has 1 aliphatic rings. The van der Waals surface area contributed by atoms with Crippen LogP contribution in [0.2, 0.25) is 0 Å². The van der Waals surface area contributed by atoms with Crippen LogP contribution in [0.4, 0.5) is 0 Å². The Hall–Kier alpha value is -1.00. The van der Waals surface area contributed by atoms with Gasteiger partial charge in [0, 0.05) is 5.56 Å². The van der Waals surface area contributed by atoms with Crippen molar-refractivity contribution in [2.75, 3.05) is 46.2 Å². The molecule has 0 saturated heterocycles. The first kappa shape index (κ1) is 45.2. The second kappa shape index (κ2) is 22.3. The summed E-state index contributed by atoms with van der Waals surface area (Å²) < 4.78 is 61.8. The summed E-state index contributed by atoms with van der Waals surface area (Å²) in [7, 11) is -8.46. The van der Waals surface area contributed by atoms with E-state index in [0.29, 0.717) is 11.7 Å². The van der Waals surface area contributed by atoms with Gasteiger partial charge in [-0.05, 0) is 94.7 Å². The van der Waals surface area contributed by atoms with Crippen LogP contribution in [0.3, 0.4) is 0 Å². The Bertz CT molecular complexity index is 1240. The van der Waals surface area contributed by atoms with Crippen molar-refractivity contribution in [2.45, 2.75) is 139 Å². The third kappa shape index (κ3) is 16.8. The van der Waals surface area contributed by atoms with Crippen LogP contribution in [0.5, 0.6) is 11.5 Å². The van der Waals surface area contributed by atoms with E-state index >= 15 is 0 Å². The van der Waals surface area contributed by atoms with Crippen molar-refractivity contribution in [3.63, 3.8) is 0 Å². The average molecular weight is 751 g/mol. The highest BCUT2D eigenvalue weighted by atomic mass is 31.2. The number of phosphoric ester groups is 2. The van der Waals surface area contributed by atoms with E-state index in [1.54, 1.807) is 6.92 Å². The van der Waals surface area contributed by atoms with Crippen LogP contribution >= 0.6 is 15.6 Å². The van der Waals surface area contributed by atoms with Gasteiger partial charge in [0.1, 0.15) is 17.1 Å². The lowest BCUT2D eigenvalue weighted by Crippen LogP contribution is -2.37. The van der Waals surface area contributed by atoms with Crippen molar-refractivity contribution in [3.05, 3.63) is 22.3 Å². The first-order valence-electron chi connectivity index (χ1n) is 18.7. The lowest BCUT2D eigenvalue weighted by Gasteiger charge is -2.38. The third-order valence-corrected chi connectivity index (χ3v) is 11.7. The fourth-order valence-electron chi connectivity index (χ4n) is 6.48. The predicted molar refractivity (Wildman–Crippen MR) is 198 cm³/mol. The van der Waals surface area contributed by atoms with Gasteiger partial charge in [-0.2, -0.15) is 0 Å². The van der Waals surface area contributed by atoms with E-state index in [1.807, 2.05) is 20.8 Å². The quantitative estimate of drug-likeness (QED) is 0.0656. The molecule has 1 aromatic rings. The monoisotopic (exact) mass is 750 g/mol. The highest BCUT2D eigenvalue weighted by Gasteiger charge is 2.36. The second-order valence-corrected chi connectivity index (χ2v) is 17.6. The Morgan fingerprint density at radius 3 is 1.80 bits per heavy atom. The molecule has 0 fully saturated rings. The first-order chi connectivity index (χ1) is 23.5. The smallest absolute Gasteiger partial charge is 0.487 e. The molecule has 292 valence electrons. The number of rotatable bonds is 27. The standard InChI is InChI=1S/C37H68O11P2/c1-10-44-49(38,39)45-26-24-42-22-23-43-25-27-46-50(40,41)48-35-31(6)32(7)36-34(33(35)8)19-21-37(9,47-36)20-13-18-30(5)17-12-16-29(4)15-11-14-28(2)3/h28-30H,10-27H2,1-9H3,(H,38,39)(H,40,41)/t29-,30-,37-/m1/s1. The molecular weight excluding hydrogens is 682 g/mol. The lowest BCUT2D eigenvalue weighted by molar-refractivity contribution is 0.0201. The van der Waals surface area contributed by atoms with Crippen molar-refractivity contribution >= 4 is 15.6 Å². The zero-order valence-electron chi connectivity index (χ0n) is 32.4. The Balaban J connectivity index is 1.77. The van der Waals surface area contributed by atoms with E-state index in [0.717, 1.165) is 65.5 Å². The van der Waals surface area contributed by atoms with Gasteiger partial charge in [-0.3, -0.25) is 18.5 Å². The fourth-order valence-corrected chi connectivity index (χ4v) is 8.05. The van der Waals surface area contributed by atoms with Crippen molar-refractivity contribution in [3.8, 4) is 11.5 Å². The summed E-state index contributed by atoms with van der Waals surface area (Å²) in [6.45, 7) is 19.3. The Morgan fingerprint density at radius 1 is 0.720 bits per heavy atom. The van der Waals surface area contributed by atoms with Crippen molar-refractivity contribution in [2.24, 2.45) is 17.8 Å². The average Bonchev–Trinajstić information content (AvgIpc) is 3.02. The molecule has 1 heterocycles. The van der Waals surface area contributed by atoms with Crippen LogP contribution in [-0.4, -0.2) is 61.6 Å². The molecule has 0 bridgehead atoms. The summed E-state index contributed by atoms with van der Waals surface area (Å²) in [5, 5.41) is 0. The molecule has 50 heavy (non-hydrogen) atoms. The molecule has 0 spiro atoms. The summed E-state index contributed by atoms with van der Waals surface area (Å²) in [5.74, 6) is 3.57. The molecule has 0 radical (unpaired) electrons. The third-order valence-electron chi connectivity index (χ3n) is 9.67. The zero-order valence-corrected chi connectivity index (χ0v) is 34.2. The maximum atomic E-state index is 12.9. The van der Waals surface area contributed by atoms with E-state index < -0.39 is 15.6 Å². The molecule has 13 heteroatoms. The molecule has 0 aliphatic carbocycles. The molecule has 11 nitrogen and oxygen atoms in total. The number of hydrogen-bond acceptors (Lipinski definition) is 9. The minimum absolute atomic E-state index is 0.0497. The number of hydrogen-bond donors (Lipinski definition) is 2. The molecular formula is C37H68O11P2. The summed E-state index contributed by atoms with van der Waals surface area (Å²) in [6, 6.07) is 0. The lowest BCUT2D eigenvalue weighted by atomic mass is 9.84. The number of phosphoric acid groups is 2. The molecule has 2 unspecified atom stereocenters. The van der Waals surface area contributed by atoms with Crippen molar-refractivity contribution < 1.29 is 51.2 Å². The van der Waals surface area contributed by atoms with Gasteiger partial charge in [-0.15, -0.1) is 0 Å². The zero-order chi connectivity index (χ0) is 37.4. The van der Waals surface area contributed by atoms with Crippen LogP contribution < -0.4 is 9.26 Å². The molecule has 5 atom stereocenters. The van der Waals surface area contributed by atoms with Gasteiger partial charge in [0.25, 0.3) is 0 Å². The fraction of sp³-hybridized carbons (Fsp3) is 0.838. The number of fused-ring (bicyclic) bond motifs is 1. The largest absolute Gasteiger partial charge is 0.527 e. The minimum atomic E-state index is -4.42. The maximum Gasteiger partial charge on any atom is 0.527 e. The van der Waals surface area contributed by atoms with Crippen LogP contribution in [0.25, 0.3) is 0 Å². The maximum absolute atomic E-state index is 12.9. The van der Waals surface area contributed by atoms with Crippen LogP contribution in [0.15, 0.2) is 0 Å². The number of ether oxygens (including phenoxy) is 3. The molecule has 2 N–H and O–H groups in total. The van der Waals surface area contributed by atoms with E-state index in [-0.39, 0.29) is 51.8 Å². The van der Waals surface area contributed by atoms with Gasteiger partial charge in [-0.25, -0.2) is 9.13 Å². The van der Waals surface area contributed by atoms with E-state index in [2.05, 4.69) is 39.1 Å². The summed E-state index contributed by atoms with van der Waals surface area (Å²) in [6.07, 6.45) is 13.0. The van der Waals surface area contributed by atoms with Crippen LogP contribution in [0.1, 0.15) is 128 Å². The SMILES string of the molecule is CCOP(=O)(O)OCCOCCOCCOP(=O)(O)Oc1c(C)c(C)c2c(c1C)CC[C@@](C)(CCC[C@H](C)CCC[C@H](C)CCCC(C)C)O2. The van der Waals surface area contributed by atoms with Crippen LogP contribution in [-0.2, 0) is 38.6 Å². The predicted octanol–water partition coefficient (Wildman–Crippen LogP) is 9.82. The number of benzene rings is 1. The minimum Gasteiger partial charge on any atom is -0.487 e. The molecule has 2 rings (SSSR count). The van der Waals surface area contributed by atoms with Crippen molar-refractivity contribution in [1.29, 1.82) is 0 Å². The first-order valence-corrected chi connectivity index (χ1v) is 21.7. The van der Waals surface area contributed by atoms with Crippen LogP contribution in [0, 0.1) is 38.5 Å². The summed E-state index contributed by atoms with van der Waals surface area (Å²) in [4.78, 5) is 19.8. The Labute approximate surface area is 302 Å². The van der Waals surface area contributed by atoms with Gasteiger partial charge in [0.15, 0.2) is 0 Å². The van der Waals surface area contributed by atoms with Gasteiger partial charge in [0.2, 0.25) is 0 Å². The van der Waals surface area contributed by atoms with Gasteiger partial charge < -0.3 is 23.6 Å². The highest BCUT2D eigenvalue weighted by Crippen LogP contribution is 2.51. The second-order valence-electron chi connectivity index (χ2n) is 14.8. The molecule has 0 saturated carbocycles.